The molecule has 138 valence electrons. The van der Waals surface area contributed by atoms with Gasteiger partial charge in [0.05, 0.1) is 27.9 Å². The molecule has 0 aromatic heterocycles. The lowest BCUT2D eigenvalue weighted by Gasteiger charge is -2.12. The summed E-state index contributed by atoms with van der Waals surface area (Å²) in [6.07, 6.45) is 1.26. The van der Waals surface area contributed by atoms with Gasteiger partial charge in [-0.1, -0.05) is 0 Å². The minimum absolute atomic E-state index is 0.00778. The predicted molar refractivity (Wildman–Crippen MR) is 89.9 cm³/mol. The highest BCUT2D eigenvalue weighted by molar-refractivity contribution is 7.91. The third-order valence-electron chi connectivity index (χ3n) is 3.63. The van der Waals surface area contributed by atoms with E-state index in [4.69, 9.17) is 0 Å². The molecule has 12 heteroatoms. The second kappa shape index (κ2) is 6.96. The van der Waals surface area contributed by atoms with Crippen LogP contribution < -0.4 is 10.6 Å². The number of sulfone groups is 2. The Bertz CT molecular complexity index is 910. The van der Waals surface area contributed by atoms with Crippen LogP contribution in [0.2, 0.25) is 0 Å². The molecule has 1 aromatic rings. The van der Waals surface area contributed by atoms with Crippen molar-refractivity contribution in [2.24, 2.45) is 0 Å². The van der Waals surface area contributed by atoms with Gasteiger partial charge >= 0.3 is 0 Å². The SMILES string of the molecule is CS(=O)(=O)c1ccc(NCC(=O)N[C@@H]2CCS(=O)(=O)C2)c([N+](=O)[O-])c1. The van der Waals surface area contributed by atoms with Crippen LogP contribution >= 0.6 is 0 Å². The first kappa shape index (κ1) is 19.1. The van der Waals surface area contributed by atoms with Gasteiger partial charge in [0.15, 0.2) is 19.7 Å². The third-order valence-corrected chi connectivity index (χ3v) is 6.51. The molecular weight excluding hydrogens is 374 g/mol. The van der Waals surface area contributed by atoms with E-state index < -0.39 is 42.2 Å². The zero-order chi connectivity index (χ0) is 18.8. The number of carbonyl (C=O) groups excluding carboxylic acids is 1. The largest absolute Gasteiger partial charge is 0.371 e. The Morgan fingerprint density at radius 1 is 1.40 bits per heavy atom. The summed E-state index contributed by atoms with van der Waals surface area (Å²) in [5, 5.41) is 16.2. The molecule has 10 nitrogen and oxygen atoms in total. The maximum Gasteiger partial charge on any atom is 0.293 e. The zero-order valence-electron chi connectivity index (χ0n) is 13.3. The summed E-state index contributed by atoms with van der Waals surface area (Å²) in [5.74, 6) is -0.616. The lowest BCUT2D eigenvalue weighted by Crippen LogP contribution is -2.39. The Balaban J connectivity index is 2.05. The smallest absolute Gasteiger partial charge is 0.293 e. The first-order valence-electron chi connectivity index (χ1n) is 7.20. The van der Waals surface area contributed by atoms with Crippen LogP contribution in [0.1, 0.15) is 6.42 Å². The average Bonchev–Trinajstić information content (AvgIpc) is 2.82. The van der Waals surface area contributed by atoms with Crippen molar-refractivity contribution in [3.05, 3.63) is 28.3 Å². The molecule has 25 heavy (non-hydrogen) atoms. The number of amides is 1. The highest BCUT2D eigenvalue weighted by Gasteiger charge is 2.29. The van der Waals surface area contributed by atoms with E-state index in [-0.39, 0.29) is 28.6 Å². The zero-order valence-corrected chi connectivity index (χ0v) is 14.9. The van der Waals surface area contributed by atoms with Crippen LogP contribution in [0.3, 0.4) is 0 Å². The Kier molecular flexibility index (Phi) is 5.32. The number of nitrogens with one attached hydrogen (secondary N) is 2. The predicted octanol–water partition coefficient (Wildman–Crippen LogP) is -0.286. The van der Waals surface area contributed by atoms with Crippen LogP contribution in [0, 0.1) is 10.1 Å². The maximum atomic E-state index is 11.9. The summed E-state index contributed by atoms with van der Waals surface area (Å²) in [6.45, 7) is -0.310. The Morgan fingerprint density at radius 2 is 2.08 bits per heavy atom. The lowest BCUT2D eigenvalue weighted by atomic mass is 10.2. The Hall–Kier alpha value is -2.21. The van der Waals surface area contributed by atoms with Gasteiger partial charge in [0.2, 0.25) is 5.91 Å². The van der Waals surface area contributed by atoms with Crippen molar-refractivity contribution in [1.82, 2.24) is 5.32 Å². The van der Waals surface area contributed by atoms with Gasteiger partial charge in [0.1, 0.15) is 5.69 Å². The molecule has 1 aliphatic rings. The summed E-state index contributed by atoms with van der Waals surface area (Å²) < 4.78 is 45.6. The van der Waals surface area contributed by atoms with Crippen molar-refractivity contribution in [2.75, 3.05) is 29.6 Å². The van der Waals surface area contributed by atoms with Gasteiger partial charge in [-0.2, -0.15) is 0 Å². The van der Waals surface area contributed by atoms with Crippen molar-refractivity contribution in [2.45, 2.75) is 17.4 Å². The molecule has 1 atom stereocenters. The number of carbonyl (C=O) groups is 1. The van der Waals surface area contributed by atoms with Crippen LogP contribution in [0.15, 0.2) is 23.1 Å². The fourth-order valence-electron chi connectivity index (χ4n) is 2.41. The highest BCUT2D eigenvalue weighted by atomic mass is 32.2. The topological polar surface area (TPSA) is 153 Å². The van der Waals surface area contributed by atoms with Gasteiger partial charge in [0.25, 0.3) is 5.69 Å². The molecule has 1 amide bonds. The van der Waals surface area contributed by atoms with Crippen LogP contribution in [-0.2, 0) is 24.5 Å². The van der Waals surface area contributed by atoms with E-state index in [1.54, 1.807) is 0 Å². The quantitative estimate of drug-likeness (QED) is 0.496. The molecule has 1 aromatic carbocycles. The van der Waals surface area contributed by atoms with Crippen LogP contribution in [0.25, 0.3) is 0 Å². The minimum Gasteiger partial charge on any atom is -0.371 e. The highest BCUT2D eigenvalue weighted by Crippen LogP contribution is 2.27. The summed E-state index contributed by atoms with van der Waals surface area (Å²) >= 11 is 0. The average molecular weight is 391 g/mol. The van der Waals surface area contributed by atoms with E-state index in [0.717, 1.165) is 12.3 Å². The van der Waals surface area contributed by atoms with Gasteiger partial charge in [0, 0.05) is 18.4 Å². The molecule has 1 saturated heterocycles. The van der Waals surface area contributed by atoms with Gasteiger partial charge in [-0.05, 0) is 18.6 Å². The first-order valence-corrected chi connectivity index (χ1v) is 10.9. The van der Waals surface area contributed by atoms with Crippen molar-refractivity contribution in [1.29, 1.82) is 0 Å². The Morgan fingerprint density at radius 3 is 2.60 bits per heavy atom. The number of hydrogen-bond acceptors (Lipinski definition) is 8. The monoisotopic (exact) mass is 391 g/mol. The normalized spacial score (nSPS) is 19.3. The fraction of sp³-hybridized carbons (Fsp3) is 0.462. The molecular formula is C13H17N3O7S2. The molecule has 0 unspecified atom stereocenters. The van der Waals surface area contributed by atoms with E-state index in [0.29, 0.717) is 6.42 Å². The molecule has 1 heterocycles. The van der Waals surface area contributed by atoms with Crippen LogP contribution in [0.5, 0.6) is 0 Å². The van der Waals surface area contributed by atoms with E-state index in [1.165, 1.54) is 12.1 Å². The van der Waals surface area contributed by atoms with Gasteiger partial charge in [-0.15, -0.1) is 0 Å². The Labute approximate surface area is 144 Å². The van der Waals surface area contributed by atoms with Crippen molar-refractivity contribution in [3.8, 4) is 0 Å². The van der Waals surface area contributed by atoms with Crippen LogP contribution in [-0.4, -0.2) is 58.0 Å². The van der Waals surface area contributed by atoms with E-state index >= 15 is 0 Å². The maximum absolute atomic E-state index is 11.9. The van der Waals surface area contributed by atoms with Crippen molar-refractivity contribution >= 4 is 37.0 Å². The third kappa shape index (κ3) is 5.13. The number of anilines is 1. The van der Waals surface area contributed by atoms with Gasteiger partial charge < -0.3 is 10.6 Å². The number of nitrogens with zero attached hydrogens (tertiary/aromatic N) is 1. The standard InChI is InChI=1S/C13H17N3O7S2/c1-24(20,21)10-2-3-11(12(6-10)16(18)19)14-7-13(17)15-9-4-5-25(22,23)8-9/h2-3,6,9,14H,4-5,7-8H2,1H3,(H,15,17)/t9-/m1/s1. The molecule has 1 aliphatic heterocycles. The van der Waals surface area contributed by atoms with Crippen molar-refractivity contribution < 1.29 is 26.6 Å². The molecule has 0 saturated carbocycles. The number of hydrogen-bond donors (Lipinski definition) is 2. The summed E-state index contributed by atoms with van der Waals surface area (Å²) in [4.78, 5) is 22.0. The molecule has 0 aliphatic carbocycles. The molecule has 2 rings (SSSR count). The van der Waals surface area contributed by atoms with E-state index in [2.05, 4.69) is 10.6 Å². The molecule has 2 N–H and O–H groups in total. The molecule has 0 spiro atoms. The van der Waals surface area contributed by atoms with E-state index in [1.807, 2.05) is 0 Å². The summed E-state index contributed by atoms with van der Waals surface area (Å²) in [6, 6.07) is 2.86. The van der Waals surface area contributed by atoms with Gasteiger partial charge in [-0.3, -0.25) is 14.9 Å². The number of nitro groups is 1. The first-order chi connectivity index (χ1) is 11.5. The van der Waals surface area contributed by atoms with Crippen LogP contribution in [0.4, 0.5) is 11.4 Å². The molecule has 1 fully saturated rings. The lowest BCUT2D eigenvalue weighted by molar-refractivity contribution is -0.384. The fourth-order valence-corrected chi connectivity index (χ4v) is 4.72. The summed E-state index contributed by atoms with van der Waals surface area (Å²) in [7, 11) is -6.73. The number of nitro benzene ring substituents is 1. The van der Waals surface area contributed by atoms with Crippen molar-refractivity contribution in [3.63, 3.8) is 0 Å². The van der Waals surface area contributed by atoms with E-state index in [9.17, 15) is 31.7 Å². The minimum atomic E-state index is -3.60. The summed E-state index contributed by atoms with van der Waals surface area (Å²) in [5.41, 5.74) is -0.481. The number of rotatable bonds is 6. The number of benzene rings is 1. The second-order valence-electron chi connectivity index (χ2n) is 5.73. The second-order valence-corrected chi connectivity index (χ2v) is 9.97. The van der Waals surface area contributed by atoms with Gasteiger partial charge in [-0.25, -0.2) is 16.8 Å². The molecule has 0 radical (unpaired) electrons. The molecule has 0 bridgehead atoms.